The van der Waals surface area contributed by atoms with Crippen LogP contribution in [0.25, 0.3) is 5.57 Å². The van der Waals surface area contributed by atoms with Crippen LogP contribution < -0.4 is 0 Å². The van der Waals surface area contributed by atoms with Crippen LogP contribution in [0.1, 0.15) is 28.7 Å². The lowest BCUT2D eigenvalue weighted by atomic mass is 9.62. The lowest BCUT2D eigenvalue weighted by Gasteiger charge is -2.40. The average Bonchev–Trinajstić information content (AvgIpc) is 2.74. The highest BCUT2D eigenvalue weighted by molar-refractivity contribution is 5.88. The van der Waals surface area contributed by atoms with Gasteiger partial charge >= 0.3 is 0 Å². The molecule has 0 saturated heterocycles. The van der Waals surface area contributed by atoms with E-state index in [2.05, 4.69) is 48.6 Å². The minimum atomic E-state index is -0.490. The van der Waals surface area contributed by atoms with Gasteiger partial charge in [-0.15, -0.1) is 0 Å². The Morgan fingerprint density at radius 2 is 1.32 bits per heavy atom. The molecule has 2 N–H and O–H groups in total. The molecule has 2 aliphatic carbocycles. The second-order valence-electron chi connectivity index (χ2n) is 7.33. The van der Waals surface area contributed by atoms with Crippen LogP contribution in [0.2, 0.25) is 0 Å². The number of phenolic OH excluding ortho intramolecular Hbond substituents is 2. The zero-order valence-electron chi connectivity index (χ0n) is 15.3. The minimum Gasteiger partial charge on any atom is -0.508 e. The van der Waals surface area contributed by atoms with Crippen LogP contribution in [-0.2, 0) is 5.41 Å². The second kappa shape index (κ2) is 6.28. The quantitative estimate of drug-likeness (QED) is 0.611. The van der Waals surface area contributed by atoms with Crippen molar-refractivity contribution in [3.05, 3.63) is 125 Å². The van der Waals surface area contributed by atoms with Crippen molar-refractivity contribution in [2.45, 2.75) is 11.8 Å². The summed E-state index contributed by atoms with van der Waals surface area (Å²) in [5.41, 5.74) is 6.68. The van der Waals surface area contributed by atoms with Crippen LogP contribution >= 0.6 is 0 Å². The Bertz CT molecular complexity index is 1080. The molecule has 2 nitrogen and oxygen atoms in total. The van der Waals surface area contributed by atoms with Gasteiger partial charge in [0.2, 0.25) is 0 Å². The predicted octanol–water partition coefficient (Wildman–Crippen LogP) is 5.72. The molecule has 0 atom stereocenters. The summed E-state index contributed by atoms with van der Waals surface area (Å²) < 4.78 is 0. The SMILES string of the molecule is Oc1ccc(C2(c3ccc(O)cc3)C=C3CC=CC=C3c3ccccc32)cc1. The van der Waals surface area contributed by atoms with Crippen molar-refractivity contribution >= 4 is 5.57 Å². The molecule has 0 bridgehead atoms. The van der Waals surface area contributed by atoms with Crippen LogP contribution in [0.4, 0.5) is 0 Å². The molecule has 0 radical (unpaired) electrons. The van der Waals surface area contributed by atoms with Crippen molar-refractivity contribution in [3.8, 4) is 11.5 Å². The predicted molar refractivity (Wildman–Crippen MR) is 112 cm³/mol. The number of fused-ring (bicyclic) bond motifs is 3. The first kappa shape index (κ1) is 16.6. The van der Waals surface area contributed by atoms with Gasteiger partial charge in [0, 0.05) is 0 Å². The van der Waals surface area contributed by atoms with E-state index in [0.29, 0.717) is 0 Å². The first-order chi connectivity index (χ1) is 13.7. The van der Waals surface area contributed by atoms with Crippen molar-refractivity contribution in [1.29, 1.82) is 0 Å². The summed E-state index contributed by atoms with van der Waals surface area (Å²) in [4.78, 5) is 0. The van der Waals surface area contributed by atoms with Crippen LogP contribution in [0.15, 0.2) is 103 Å². The van der Waals surface area contributed by atoms with E-state index in [-0.39, 0.29) is 11.5 Å². The first-order valence-corrected chi connectivity index (χ1v) is 9.46. The highest BCUT2D eigenvalue weighted by atomic mass is 16.3. The van der Waals surface area contributed by atoms with E-state index in [1.54, 1.807) is 24.3 Å². The molecule has 3 aromatic carbocycles. The van der Waals surface area contributed by atoms with Crippen LogP contribution in [0.5, 0.6) is 11.5 Å². The van der Waals surface area contributed by atoms with Gasteiger partial charge in [-0.3, -0.25) is 0 Å². The summed E-state index contributed by atoms with van der Waals surface area (Å²) >= 11 is 0. The summed E-state index contributed by atoms with van der Waals surface area (Å²) in [5, 5.41) is 19.7. The molecule has 3 aromatic rings. The number of phenols is 2. The van der Waals surface area contributed by atoms with Gasteiger partial charge in [-0.25, -0.2) is 0 Å². The Morgan fingerprint density at radius 3 is 1.96 bits per heavy atom. The fourth-order valence-corrected chi connectivity index (χ4v) is 4.47. The number of hydrogen-bond acceptors (Lipinski definition) is 2. The minimum absolute atomic E-state index is 0.252. The van der Waals surface area contributed by atoms with E-state index < -0.39 is 5.41 Å². The van der Waals surface area contributed by atoms with Crippen molar-refractivity contribution < 1.29 is 10.2 Å². The number of rotatable bonds is 2. The van der Waals surface area contributed by atoms with Gasteiger partial charge in [0.05, 0.1) is 5.41 Å². The third-order valence-corrected chi connectivity index (χ3v) is 5.76. The second-order valence-corrected chi connectivity index (χ2v) is 7.33. The summed E-state index contributed by atoms with van der Waals surface area (Å²) in [7, 11) is 0. The zero-order chi connectivity index (χ0) is 19.1. The molecule has 0 spiro atoms. The van der Waals surface area contributed by atoms with E-state index in [1.165, 1.54) is 22.3 Å². The Hall–Kier alpha value is -3.52. The molecule has 0 unspecified atom stereocenters. The van der Waals surface area contributed by atoms with Gasteiger partial charge in [-0.05, 0) is 64.1 Å². The first-order valence-electron chi connectivity index (χ1n) is 9.46. The van der Waals surface area contributed by atoms with Gasteiger partial charge in [0.25, 0.3) is 0 Å². The van der Waals surface area contributed by atoms with E-state index in [4.69, 9.17) is 0 Å². The molecular weight excluding hydrogens is 344 g/mol. The van der Waals surface area contributed by atoms with E-state index in [1.807, 2.05) is 24.3 Å². The average molecular weight is 364 g/mol. The van der Waals surface area contributed by atoms with Crippen molar-refractivity contribution in [1.82, 2.24) is 0 Å². The molecule has 5 rings (SSSR count). The van der Waals surface area contributed by atoms with Gasteiger partial charge in [-0.2, -0.15) is 0 Å². The maximum atomic E-state index is 9.86. The van der Waals surface area contributed by atoms with Crippen LogP contribution in [-0.4, -0.2) is 10.2 Å². The van der Waals surface area contributed by atoms with Crippen molar-refractivity contribution in [3.63, 3.8) is 0 Å². The Morgan fingerprint density at radius 1 is 0.714 bits per heavy atom. The molecule has 0 aromatic heterocycles. The van der Waals surface area contributed by atoms with E-state index >= 15 is 0 Å². The molecule has 0 fully saturated rings. The van der Waals surface area contributed by atoms with Crippen molar-refractivity contribution in [2.24, 2.45) is 0 Å². The number of aromatic hydroxyl groups is 2. The highest BCUT2D eigenvalue weighted by Crippen LogP contribution is 2.50. The monoisotopic (exact) mass is 364 g/mol. The van der Waals surface area contributed by atoms with E-state index in [9.17, 15) is 10.2 Å². The molecule has 2 aliphatic rings. The molecule has 0 saturated carbocycles. The molecule has 0 aliphatic heterocycles. The topological polar surface area (TPSA) is 40.5 Å². The number of allylic oxidation sites excluding steroid dienone is 6. The summed E-state index contributed by atoms with van der Waals surface area (Å²) in [6, 6.07) is 23.4. The third-order valence-electron chi connectivity index (χ3n) is 5.76. The highest BCUT2D eigenvalue weighted by Gasteiger charge is 2.40. The smallest absolute Gasteiger partial charge is 0.115 e. The lowest BCUT2D eigenvalue weighted by Crippen LogP contribution is -2.31. The summed E-state index contributed by atoms with van der Waals surface area (Å²) in [5.74, 6) is 0.505. The largest absolute Gasteiger partial charge is 0.508 e. The molecule has 2 heteroatoms. The Kier molecular flexibility index (Phi) is 3.73. The van der Waals surface area contributed by atoms with Gasteiger partial charge in [-0.1, -0.05) is 72.8 Å². The normalized spacial score (nSPS) is 16.6. The maximum absolute atomic E-state index is 9.86. The zero-order valence-corrected chi connectivity index (χ0v) is 15.3. The number of hydrogen-bond donors (Lipinski definition) is 2. The lowest BCUT2D eigenvalue weighted by molar-refractivity contribution is 0.475. The molecule has 136 valence electrons. The van der Waals surface area contributed by atoms with E-state index in [0.717, 1.165) is 17.5 Å². The number of benzene rings is 3. The summed E-state index contributed by atoms with van der Waals surface area (Å²) in [6.45, 7) is 0. The van der Waals surface area contributed by atoms with Crippen LogP contribution in [0.3, 0.4) is 0 Å². The van der Waals surface area contributed by atoms with Gasteiger partial charge in [0.1, 0.15) is 11.5 Å². The fraction of sp³-hybridized carbons (Fsp3) is 0.0769. The van der Waals surface area contributed by atoms with Gasteiger partial charge in [0.15, 0.2) is 0 Å². The maximum Gasteiger partial charge on any atom is 0.115 e. The van der Waals surface area contributed by atoms with Crippen LogP contribution in [0, 0.1) is 0 Å². The molecular formula is C26H20O2. The third kappa shape index (κ3) is 2.42. The Labute approximate surface area is 164 Å². The van der Waals surface area contributed by atoms with Gasteiger partial charge < -0.3 is 10.2 Å². The molecule has 0 heterocycles. The standard InChI is InChI=1S/C26H20O2/c27-21-13-9-19(10-14-21)26(20-11-15-22(28)16-12-20)17-18-5-1-2-6-23(18)24-7-3-4-8-25(24)26/h1-4,6-17,27-28H,5H2. The van der Waals surface area contributed by atoms with Crippen molar-refractivity contribution in [2.75, 3.05) is 0 Å². The molecule has 0 amide bonds. The Balaban J connectivity index is 1.89. The summed E-state index contributed by atoms with van der Waals surface area (Å²) in [6.07, 6.45) is 9.73. The molecule has 28 heavy (non-hydrogen) atoms. The fourth-order valence-electron chi connectivity index (χ4n) is 4.47.